The number of carbonyl (C=O) groups is 1. The smallest absolute Gasteiger partial charge is 0.315 e. The monoisotopic (exact) mass is 321 g/mol. The van der Waals surface area contributed by atoms with Gasteiger partial charge in [0.2, 0.25) is 0 Å². The Bertz CT molecular complexity index is 359. The van der Waals surface area contributed by atoms with E-state index in [1.165, 1.54) is 70.8 Å². The standard InChI is InChI=1S/C19H35N3O/c1-22-12-6-7-15(14-22)13-20-19(23)21-18(16-8-2-3-9-16)17-10-4-5-11-17/h15-18H,2-14H2,1H3,(H2,20,21,23). The minimum Gasteiger partial charge on any atom is -0.338 e. The summed E-state index contributed by atoms with van der Waals surface area (Å²) < 4.78 is 0. The van der Waals surface area contributed by atoms with Crippen molar-refractivity contribution in [2.75, 3.05) is 26.7 Å². The molecule has 23 heavy (non-hydrogen) atoms. The van der Waals surface area contributed by atoms with E-state index in [1.807, 2.05) is 0 Å². The topological polar surface area (TPSA) is 44.4 Å². The first-order chi connectivity index (χ1) is 11.2. The van der Waals surface area contributed by atoms with E-state index < -0.39 is 0 Å². The Morgan fingerprint density at radius 1 is 1.00 bits per heavy atom. The highest BCUT2D eigenvalue weighted by Crippen LogP contribution is 2.37. The summed E-state index contributed by atoms with van der Waals surface area (Å²) in [5, 5.41) is 6.56. The van der Waals surface area contributed by atoms with Gasteiger partial charge in [-0.15, -0.1) is 0 Å². The predicted molar refractivity (Wildman–Crippen MR) is 94.5 cm³/mol. The number of piperidine rings is 1. The van der Waals surface area contributed by atoms with Gasteiger partial charge in [0, 0.05) is 19.1 Å². The lowest BCUT2D eigenvalue weighted by atomic mass is 9.86. The van der Waals surface area contributed by atoms with Gasteiger partial charge in [0.05, 0.1) is 0 Å². The Morgan fingerprint density at radius 3 is 2.17 bits per heavy atom. The summed E-state index contributed by atoms with van der Waals surface area (Å²) in [5.41, 5.74) is 0. The number of carbonyl (C=O) groups excluding carboxylic acids is 1. The molecule has 1 aliphatic heterocycles. The van der Waals surface area contributed by atoms with Gasteiger partial charge in [0.25, 0.3) is 0 Å². The fourth-order valence-corrected chi connectivity index (χ4v) is 5.13. The van der Waals surface area contributed by atoms with Crippen molar-refractivity contribution in [3.63, 3.8) is 0 Å². The molecule has 1 atom stereocenters. The van der Waals surface area contributed by atoms with Crippen molar-refractivity contribution in [1.82, 2.24) is 15.5 Å². The number of nitrogens with zero attached hydrogens (tertiary/aromatic N) is 1. The van der Waals surface area contributed by atoms with Crippen molar-refractivity contribution in [2.45, 2.75) is 70.3 Å². The highest BCUT2D eigenvalue weighted by Gasteiger charge is 2.34. The molecule has 1 saturated heterocycles. The highest BCUT2D eigenvalue weighted by atomic mass is 16.2. The van der Waals surface area contributed by atoms with Gasteiger partial charge in [-0.1, -0.05) is 25.7 Å². The van der Waals surface area contributed by atoms with Crippen LogP contribution in [0.25, 0.3) is 0 Å². The molecule has 0 spiro atoms. The molecule has 3 rings (SSSR count). The van der Waals surface area contributed by atoms with Crippen LogP contribution in [0.1, 0.15) is 64.2 Å². The molecule has 0 aromatic rings. The van der Waals surface area contributed by atoms with Crippen molar-refractivity contribution >= 4 is 6.03 Å². The van der Waals surface area contributed by atoms with Gasteiger partial charge in [-0.05, 0) is 69.9 Å². The van der Waals surface area contributed by atoms with Crippen molar-refractivity contribution in [2.24, 2.45) is 17.8 Å². The minimum atomic E-state index is 0.0852. The fourth-order valence-electron chi connectivity index (χ4n) is 5.13. The molecule has 2 amide bonds. The van der Waals surface area contributed by atoms with Crippen LogP contribution in [0.4, 0.5) is 4.79 Å². The van der Waals surface area contributed by atoms with Gasteiger partial charge in [0.15, 0.2) is 0 Å². The molecular weight excluding hydrogens is 286 g/mol. The molecule has 132 valence electrons. The first-order valence-electron chi connectivity index (χ1n) is 9.95. The van der Waals surface area contributed by atoms with Crippen LogP contribution < -0.4 is 10.6 Å². The van der Waals surface area contributed by atoms with Crippen LogP contribution in [0.3, 0.4) is 0 Å². The summed E-state index contributed by atoms with van der Waals surface area (Å²) in [6.07, 6.45) is 13.2. The van der Waals surface area contributed by atoms with Gasteiger partial charge in [0.1, 0.15) is 0 Å². The van der Waals surface area contributed by atoms with Crippen LogP contribution in [0, 0.1) is 17.8 Å². The van der Waals surface area contributed by atoms with Crippen molar-refractivity contribution in [1.29, 1.82) is 0 Å². The molecule has 3 fully saturated rings. The van der Waals surface area contributed by atoms with Crippen LogP contribution in [0.15, 0.2) is 0 Å². The molecule has 4 nitrogen and oxygen atoms in total. The normalized spacial score (nSPS) is 27.7. The third kappa shape index (κ3) is 4.85. The number of hydrogen-bond donors (Lipinski definition) is 2. The van der Waals surface area contributed by atoms with Crippen LogP contribution in [-0.2, 0) is 0 Å². The molecule has 0 bridgehead atoms. The lowest BCUT2D eigenvalue weighted by molar-refractivity contribution is 0.194. The first kappa shape index (κ1) is 17.1. The zero-order valence-electron chi connectivity index (χ0n) is 14.9. The third-order valence-corrected chi connectivity index (χ3v) is 6.39. The molecule has 0 aromatic heterocycles. The summed E-state index contributed by atoms with van der Waals surface area (Å²) in [5.74, 6) is 2.07. The molecule has 2 N–H and O–H groups in total. The van der Waals surface area contributed by atoms with Crippen molar-refractivity contribution in [3.05, 3.63) is 0 Å². The van der Waals surface area contributed by atoms with E-state index in [-0.39, 0.29) is 6.03 Å². The molecule has 4 heteroatoms. The zero-order valence-corrected chi connectivity index (χ0v) is 14.9. The van der Waals surface area contributed by atoms with Crippen LogP contribution in [0.5, 0.6) is 0 Å². The molecule has 1 heterocycles. The number of urea groups is 1. The molecule has 3 aliphatic rings. The largest absolute Gasteiger partial charge is 0.338 e. The maximum atomic E-state index is 12.5. The summed E-state index contributed by atoms with van der Waals surface area (Å²) in [7, 11) is 2.18. The van der Waals surface area contributed by atoms with E-state index in [9.17, 15) is 4.79 Å². The summed E-state index contributed by atoms with van der Waals surface area (Å²) >= 11 is 0. The van der Waals surface area contributed by atoms with Gasteiger partial charge in [-0.3, -0.25) is 0 Å². The van der Waals surface area contributed by atoms with E-state index in [0.717, 1.165) is 24.9 Å². The van der Waals surface area contributed by atoms with Crippen molar-refractivity contribution < 1.29 is 4.79 Å². The number of likely N-dealkylation sites (tertiary alicyclic amines) is 1. The Balaban J connectivity index is 1.47. The highest BCUT2D eigenvalue weighted by molar-refractivity contribution is 5.74. The summed E-state index contributed by atoms with van der Waals surface area (Å²) in [6.45, 7) is 3.15. The average molecular weight is 322 g/mol. The second kappa shape index (κ2) is 8.36. The van der Waals surface area contributed by atoms with E-state index in [1.54, 1.807) is 0 Å². The lowest BCUT2D eigenvalue weighted by Crippen LogP contribution is -2.50. The second-order valence-electron chi connectivity index (χ2n) is 8.24. The number of rotatable bonds is 5. The average Bonchev–Trinajstić information content (AvgIpc) is 3.24. The first-order valence-corrected chi connectivity index (χ1v) is 9.95. The molecule has 2 saturated carbocycles. The fraction of sp³-hybridized carbons (Fsp3) is 0.947. The van der Waals surface area contributed by atoms with Gasteiger partial charge in [-0.2, -0.15) is 0 Å². The zero-order chi connectivity index (χ0) is 16.1. The van der Waals surface area contributed by atoms with E-state index in [4.69, 9.17) is 0 Å². The summed E-state index contributed by atoms with van der Waals surface area (Å²) in [6, 6.07) is 0.510. The van der Waals surface area contributed by atoms with Gasteiger partial charge in [-0.25, -0.2) is 4.79 Å². The molecule has 2 aliphatic carbocycles. The quantitative estimate of drug-likeness (QED) is 0.815. The summed E-state index contributed by atoms with van der Waals surface area (Å²) in [4.78, 5) is 14.8. The van der Waals surface area contributed by atoms with Crippen LogP contribution in [-0.4, -0.2) is 43.7 Å². The van der Waals surface area contributed by atoms with Crippen molar-refractivity contribution in [3.8, 4) is 0 Å². The Labute approximate surface area is 141 Å². The van der Waals surface area contributed by atoms with E-state index in [2.05, 4.69) is 22.6 Å². The molecular formula is C19H35N3O. The third-order valence-electron chi connectivity index (χ3n) is 6.39. The predicted octanol–water partition coefficient (Wildman–Crippen LogP) is 3.38. The van der Waals surface area contributed by atoms with E-state index >= 15 is 0 Å². The minimum absolute atomic E-state index is 0.0852. The second-order valence-corrected chi connectivity index (χ2v) is 8.24. The Kier molecular flexibility index (Phi) is 6.21. The number of hydrogen-bond acceptors (Lipinski definition) is 2. The maximum Gasteiger partial charge on any atom is 0.315 e. The Morgan fingerprint density at radius 2 is 1.61 bits per heavy atom. The Hall–Kier alpha value is -0.770. The lowest BCUT2D eigenvalue weighted by Gasteiger charge is -2.32. The van der Waals surface area contributed by atoms with Gasteiger partial charge >= 0.3 is 6.03 Å². The SMILES string of the molecule is CN1CCCC(CNC(=O)NC(C2CCCC2)C2CCCC2)C1. The maximum absolute atomic E-state index is 12.5. The number of amides is 2. The van der Waals surface area contributed by atoms with Crippen LogP contribution in [0.2, 0.25) is 0 Å². The van der Waals surface area contributed by atoms with Crippen LogP contribution >= 0.6 is 0 Å². The molecule has 0 aromatic carbocycles. The number of nitrogens with one attached hydrogen (secondary N) is 2. The van der Waals surface area contributed by atoms with E-state index in [0.29, 0.717) is 12.0 Å². The van der Waals surface area contributed by atoms with Gasteiger partial charge < -0.3 is 15.5 Å². The molecule has 0 radical (unpaired) electrons. The molecule has 1 unspecified atom stereocenters.